The Bertz CT molecular complexity index is 573. The van der Waals surface area contributed by atoms with Crippen LogP contribution in [0.25, 0.3) is 0 Å². The summed E-state index contributed by atoms with van der Waals surface area (Å²) in [6.07, 6.45) is 0. The smallest absolute Gasteiger partial charge is 0.375 e. The summed E-state index contributed by atoms with van der Waals surface area (Å²) >= 11 is 0. The minimum absolute atomic E-state index is 0.237. The molecule has 0 aliphatic carbocycles. The van der Waals surface area contributed by atoms with E-state index in [0.29, 0.717) is 19.8 Å². The van der Waals surface area contributed by atoms with Crippen molar-refractivity contribution in [3.63, 3.8) is 0 Å². The first-order valence-electron chi connectivity index (χ1n) is 6.64. The normalized spacial score (nSPS) is 23.7. The summed E-state index contributed by atoms with van der Waals surface area (Å²) in [5.41, 5.74) is 3.65. The molecule has 0 radical (unpaired) electrons. The Morgan fingerprint density at radius 1 is 1.55 bits per heavy atom. The second kappa shape index (κ2) is 4.70. The molecular weight excluding hydrogens is 258 g/mol. The van der Waals surface area contributed by atoms with E-state index in [4.69, 9.17) is 9.47 Å². The number of hydrogen-bond acceptors (Lipinski definition) is 6. The maximum Gasteiger partial charge on any atom is 0.375 e. The van der Waals surface area contributed by atoms with Crippen molar-refractivity contribution in [1.82, 2.24) is 5.43 Å². The second-order valence-electron chi connectivity index (χ2n) is 5.09. The van der Waals surface area contributed by atoms with E-state index < -0.39 is 5.97 Å². The number of nitrogens with one attached hydrogen (secondary N) is 1. The van der Waals surface area contributed by atoms with E-state index in [0.717, 1.165) is 11.4 Å². The standard InChI is InChI=1S/C14H17N3O3/c1-3-19-13(18)12-15-8-14(2)9-20-11-7-5-4-6-10(11)17(14)16-12/h4-7H,3,8-9H2,1-2H3,(H,15,16). The Morgan fingerprint density at radius 3 is 3.15 bits per heavy atom. The summed E-state index contributed by atoms with van der Waals surface area (Å²) in [7, 11) is 0. The fourth-order valence-corrected chi connectivity index (χ4v) is 2.36. The highest BCUT2D eigenvalue weighted by molar-refractivity contribution is 6.35. The van der Waals surface area contributed by atoms with Gasteiger partial charge in [0, 0.05) is 0 Å². The molecule has 0 saturated heterocycles. The second-order valence-corrected chi connectivity index (χ2v) is 5.09. The van der Waals surface area contributed by atoms with E-state index in [1.165, 1.54) is 0 Å². The highest BCUT2D eigenvalue weighted by Crippen LogP contribution is 2.37. The van der Waals surface area contributed by atoms with Crippen molar-refractivity contribution < 1.29 is 14.3 Å². The highest BCUT2D eigenvalue weighted by Gasteiger charge is 2.42. The van der Waals surface area contributed by atoms with Crippen LogP contribution in [0.15, 0.2) is 29.3 Å². The van der Waals surface area contributed by atoms with Gasteiger partial charge in [-0.25, -0.2) is 4.79 Å². The van der Waals surface area contributed by atoms with Crippen LogP contribution in [0.5, 0.6) is 5.75 Å². The molecule has 1 N–H and O–H groups in total. The molecule has 0 fully saturated rings. The summed E-state index contributed by atoms with van der Waals surface area (Å²) < 4.78 is 10.8. The average molecular weight is 275 g/mol. The maximum absolute atomic E-state index is 11.8. The van der Waals surface area contributed by atoms with Gasteiger partial charge in [-0.15, -0.1) is 0 Å². The lowest BCUT2D eigenvalue weighted by Crippen LogP contribution is -2.66. The zero-order valence-electron chi connectivity index (χ0n) is 11.5. The lowest BCUT2D eigenvalue weighted by molar-refractivity contribution is -0.135. The molecule has 0 bridgehead atoms. The number of anilines is 1. The van der Waals surface area contributed by atoms with E-state index in [-0.39, 0.29) is 11.4 Å². The molecule has 1 aromatic rings. The van der Waals surface area contributed by atoms with Crippen LogP contribution in [-0.2, 0) is 9.53 Å². The molecule has 1 aromatic carbocycles. The van der Waals surface area contributed by atoms with Crippen molar-refractivity contribution in [2.24, 2.45) is 4.99 Å². The number of carbonyl (C=O) groups excluding carboxylic acids is 1. The first kappa shape index (κ1) is 12.8. The number of hydrogen-bond donors (Lipinski definition) is 1. The number of rotatable bonds is 2. The van der Waals surface area contributed by atoms with E-state index in [1.54, 1.807) is 6.92 Å². The zero-order chi connectivity index (χ0) is 14.2. The number of aliphatic imine (C=N–C) groups is 1. The number of esters is 1. The summed E-state index contributed by atoms with van der Waals surface area (Å²) in [6.45, 7) is 5.13. The van der Waals surface area contributed by atoms with Gasteiger partial charge in [0.25, 0.3) is 0 Å². The molecule has 2 heterocycles. The van der Waals surface area contributed by atoms with Gasteiger partial charge in [-0.3, -0.25) is 15.4 Å². The number of carbonyl (C=O) groups is 1. The van der Waals surface area contributed by atoms with Crippen LogP contribution in [0.1, 0.15) is 13.8 Å². The van der Waals surface area contributed by atoms with Crippen molar-refractivity contribution in [2.75, 3.05) is 24.8 Å². The first-order chi connectivity index (χ1) is 9.64. The molecule has 0 spiro atoms. The van der Waals surface area contributed by atoms with Gasteiger partial charge in [0.15, 0.2) is 0 Å². The molecule has 0 saturated carbocycles. The zero-order valence-corrected chi connectivity index (χ0v) is 11.5. The fourth-order valence-electron chi connectivity index (χ4n) is 2.36. The van der Waals surface area contributed by atoms with Gasteiger partial charge < -0.3 is 9.47 Å². The molecule has 1 unspecified atom stereocenters. The molecule has 2 aliphatic rings. The number of ether oxygens (including phenoxy) is 2. The van der Waals surface area contributed by atoms with Crippen LogP contribution < -0.4 is 15.2 Å². The minimum Gasteiger partial charge on any atom is -0.489 e. The number of nitrogens with zero attached hydrogens (tertiary/aromatic N) is 2. The number of fused-ring (bicyclic) bond motifs is 3. The third-order valence-corrected chi connectivity index (χ3v) is 3.45. The van der Waals surface area contributed by atoms with Gasteiger partial charge in [0.2, 0.25) is 5.84 Å². The van der Waals surface area contributed by atoms with Gasteiger partial charge in [0.05, 0.1) is 13.2 Å². The molecule has 1 atom stereocenters. The van der Waals surface area contributed by atoms with Crippen LogP contribution in [0.3, 0.4) is 0 Å². The van der Waals surface area contributed by atoms with Gasteiger partial charge in [0.1, 0.15) is 23.6 Å². The number of hydrazine groups is 1. The monoisotopic (exact) mass is 275 g/mol. The quantitative estimate of drug-likeness (QED) is 0.820. The minimum atomic E-state index is -0.432. The van der Waals surface area contributed by atoms with E-state index >= 15 is 0 Å². The molecule has 6 heteroatoms. The molecule has 6 nitrogen and oxygen atoms in total. The Labute approximate surface area is 117 Å². The summed E-state index contributed by atoms with van der Waals surface area (Å²) in [4.78, 5) is 16.1. The fraction of sp³-hybridized carbons (Fsp3) is 0.429. The SMILES string of the molecule is CCOC(=O)C1=NCC2(C)COc3ccccc3N2N1. The number of amidine groups is 1. The van der Waals surface area contributed by atoms with Gasteiger partial charge >= 0.3 is 5.97 Å². The number of benzene rings is 1. The Morgan fingerprint density at radius 2 is 2.35 bits per heavy atom. The van der Waals surface area contributed by atoms with Gasteiger partial charge in [-0.05, 0) is 26.0 Å². The van der Waals surface area contributed by atoms with Crippen LogP contribution in [0, 0.1) is 0 Å². The average Bonchev–Trinajstić information content (AvgIpc) is 2.46. The summed E-state index contributed by atoms with van der Waals surface area (Å²) in [6, 6.07) is 7.72. The third-order valence-electron chi connectivity index (χ3n) is 3.45. The predicted octanol–water partition coefficient (Wildman–Crippen LogP) is 1.12. The molecular formula is C14H17N3O3. The van der Waals surface area contributed by atoms with Gasteiger partial charge in [-0.1, -0.05) is 12.1 Å². The Balaban J connectivity index is 1.93. The van der Waals surface area contributed by atoms with Crippen LogP contribution in [-0.4, -0.2) is 37.1 Å². The van der Waals surface area contributed by atoms with Crippen molar-refractivity contribution >= 4 is 17.5 Å². The molecule has 3 rings (SSSR count). The van der Waals surface area contributed by atoms with Crippen molar-refractivity contribution in [1.29, 1.82) is 0 Å². The lowest BCUT2D eigenvalue weighted by atomic mass is 9.99. The molecule has 20 heavy (non-hydrogen) atoms. The first-order valence-corrected chi connectivity index (χ1v) is 6.64. The van der Waals surface area contributed by atoms with E-state index in [9.17, 15) is 4.79 Å². The maximum atomic E-state index is 11.8. The van der Waals surface area contributed by atoms with Gasteiger partial charge in [-0.2, -0.15) is 0 Å². The Hall–Kier alpha value is -2.24. The van der Waals surface area contributed by atoms with Crippen LogP contribution >= 0.6 is 0 Å². The predicted molar refractivity (Wildman–Crippen MR) is 74.9 cm³/mol. The molecule has 0 amide bonds. The number of para-hydroxylation sites is 2. The molecule has 0 aromatic heterocycles. The largest absolute Gasteiger partial charge is 0.489 e. The van der Waals surface area contributed by atoms with Crippen LogP contribution in [0.2, 0.25) is 0 Å². The summed E-state index contributed by atoms with van der Waals surface area (Å²) in [5.74, 6) is 0.599. The van der Waals surface area contributed by atoms with E-state index in [1.807, 2.05) is 36.2 Å². The van der Waals surface area contributed by atoms with E-state index in [2.05, 4.69) is 10.4 Å². The third kappa shape index (κ3) is 1.97. The van der Waals surface area contributed by atoms with Crippen LogP contribution in [0.4, 0.5) is 5.69 Å². The topological polar surface area (TPSA) is 63.2 Å². The highest BCUT2D eigenvalue weighted by atomic mass is 16.5. The van der Waals surface area contributed by atoms with Crippen molar-refractivity contribution in [3.8, 4) is 5.75 Å². The van der Waals surface area contributed by atoms with Crippen molar-refractivity contribution in [3.05, 3.63) is 24.3 Å². The Kier molecular flexibility index (Phi) is 3.00. The lowest BCUT2D eigenvalue weighted by Gasteiger charge is -2.47. The summed E-state index contributed by atoms with van der Waals surface area (Å²) in [5, 5.41) is 1.95. The van der Waals surface area contributed by atoms with Crippen molar-refractivity contribution in [2.45, 2.75) is 19.4 Å². The molecule has 106 valence electrons. The molecule has 2 aliphatic heterocycles.